The van der Waals surface area contributed by atoms with Gasteiger partial charge in [0.2, 0.25) is 15.9 Å². The number of amides is 1. The standard InChI is InChI=1S/C17H23N3O4S/c1-11-8-12(2)10-16(9-11)20(15(5)21)7-6-18-25(22,23)17-13(3)19-24-14(17)4/h8-10,18H,6-7H2,1-5H3. The van der Waals surface area contributed by atoms with Crippen LogP contribution in [0.1, 0.15) is 29.5 Å². The Morgan fingerprint density at radius 2 is 1.76 bits per heavy atom. The van der Waals surface area contributed by atoms with Gasteiger partial charge in [-0.15, -0.1) is 0 Å². The summed E-state index contributed by atoms with van der Waals surface area (Å²) in [5, 5.41) is 3.66. The van der Waals surface area contributed by atoms with Crippen LogP contribution in [0.25, 0.3) is 0 Å². The maximum atomic E-state index is 12.4. The molecule has 8 heteroatoms. The van der Waals surface area contributed by atoms with Gasteiger partial charge in [-0.2, -0.15) is 0 Å². The molecule has 1 aromatic heterocycles. The average molecular weight is 365 g/mol. The molecule has 0 bridgehead atoms. The average Bonchev–Trinajstić information content (AvgIpc) is 2.81. The van der Waals surface area contributed by atoms with Gasteiger partial charge in [-0.3, -0.25) is 4.79 Å². The molecular formula is C17H23N3O4S. The molecule has 1 amide bonds. The van der Waals surface area contributed by atoms with Crippen molar-refractivity contribution >= 4 is 21.6 Å². The van der Waals surface area contributed by atoms with Gasteiger partial charge in [-0.25, -0.2) is 13.1 Å². The summed E-state index contributed by atoms with van der Waals surface area (Å²) < 4.78 is 32.2. The first-order chi connectivity index (χ1) is 11.6. The summed E-state index contributed by atoms with van der Waals surface area (Å²) >= 11 is 0. The number of benzene rings is 1. The molecule has 1 aromatic carbocycles. The van der Waals surface area contributed by atoms with Gasteiger partial charge < -0.3 is 9.42 Å². The molecule has 0 aliphatic heterocycles. The number of carbonyl (C=O) groups is 1. The molecule has 0 atom stereocenters. The molecular weight excluding hydrogens is 342 g/mol. The minimum atomic E-state index is -3.74. The van der Waals surface area contributed by atoms with Gasteiger partial charge >= 0.3 is 0 Å². The quantitative estimate of drug-likeness (QED) is 0.847. The van der Waals surface area contributed by atoms with E-state index in [1.165, 1.54) is 6.92 Å². The SMILES string of the molecule is CC(=O)N(CCNS(=O)(=O)c1c(C)noc1C)c1cc(C)cc(C)c1. The molecule has 1 N–H and O–H groups in total. The van der Waals surface area contributed by atoms with Crippen LogP contribution in [0, 0.1) is 27.7 Å². The first-order valence-electron chi connectivity index (χ1n) is 7.91. The van der Waals surface area contributed by atoms with E-state index in [0.717, 1.165) is 16.8 Å². The number of anilines is 1. The summed E-state index contributed by atoms with van der Waals surface area (Å²) in [5.74, 6) is 0.0873. The van der Waals surface area contributed by atoms with Crippen molar-refractivity contribution in [3.63, 3.8) is 0 Å². The lowest BCUT2D eigenvalue weighted by Gasteiger charge is -2.22. The Bertz CT molecular complexity index is 848. The summed E-state index contributed by atoms with van der Waals surface area (Å²) in [4.78, 5) is 13.6. The van der Waals surface area contributed by atoms with E-state index in [4.69, 9.17) is 4.52 Å². The molecule has 0 saturated carbocycles. The topological polar surface area (TPSA) is 92.5 Å². The van der Waals surface area contributed by atoms with Crippen molar-refractivity contribution < 1.29 is 17.7 Å². The second-order valence-electron chi connectivity index (χ2n) is 6.07. The molecule has 2 aromatic rings. The molecule has 0 unspecified atom stereocenters. The smallest absolute Gasteiger partial charge is 0.246 e. The summed E-state index contributed by atoms with van der Waals surface area (Å²) in [6.45, 7) is 8.79. The van der Waals surface area contributed by atoms with Crippen molar-refractivity contribution in [1.82, 2.24) is 9.88 Å². The van der Waals surface area contributed by atoms with E-state index in [2.05, 4.69) is 9.88 Å². The normalized spacial score (nSPS) is 11.6. The highest BCUT2D eigenvalue weighted by molar-refractivity contribution is 7.89. The molecule has 0 spiro atoms. The fourth-order valence-electron chi connectivity index (χ4n) is 2.80. The Kier molecular flexibility index (Phi) is 5.64. The number of hydrogen-bond donors (Lipinski definition) is 1. The Morgan fingerprint density at radius 1 is 1.16 bits per heavy atom. The van der Waals surface area contributed by atoms with E-state index in [1.54, 1.807) is 18.7 Å². The van der Waals surface area contributed by atoms with Crippen molar-refractivity contribution in [2.24, 2.45) is 0 Å². The first kappa shape index (κ1) is 19.1. The van der Waals surface area contributed by atoms with Crippen molar-refractivity contribution in [1.29, 1.82) is 0 Å². The third-order valence-electron chi connectivity index (χ3n) is 3.76. The summed E-state index contributed by atoms with van der Waals surface area (Å²) in [5.41, 5.74) is 3.14. The second-order valence-corrected chi connectivity index (χ2v) is 7.77. The van der Waals surface area contributed by atoms with Gasteiger partial charge in [0.05, 0.1) is 0 Å². The van der Waals surface area contributed by atoms with Crippen LogP contribution in [0.5, 0.6) is 0 Å². The summed E-state index contributed by atoms with van der Waals surface area (Å²) in [6.07, 6.45) is 0. The lowest BCUT2D eigenvalue weighted by Crippen LogP contribution is -2.37. The van der Waals surface area contributed by atoms with Crippen LogP contribution >= 0.6 is 0 Å². The molecule has 136 valence electrons. The predicted molar refractivity (Wildman–Crippen MR) is 95.1 cm³/mol. The van der Waals surface area contributed by atoms with E-state index < -0.39 is 10.0 Å². The molecule has 0 aliphatic rings. The monoisotopic (exact) mass is 365 g/mol. The van der Waals surface area contributed by atoms with Crippen LogP contribution in [0.2, 0.25) is 0 Å². The Hall–Kier alpha value is -2.19. The maximum Gasteiger partial charge on any atom is 0.246 e. The van der Waals surface area contributed by atoms with Crippen molar-refractivity contribution in [3.05, 3.63) is 40.8 Å². The molecule has 0 radical (unpaired) electrons. The second kappa shape index (κ2) is 7.37. The third-order valence-corrected chi connectivity index (χ3v) is 5.47. The lowest BCUT2D eigenvalue weighted by atomic mass is 10.1. The maximum absolute atomic E-state index is 12.4. The number of hydrogen-bond acceptors (Lipinski definition) is 5. The largest absolute Gasteiger partial charge is 0.360 e. The Labute approximate surface area is 148 Å². The number of carbonyl (C=O) groups excluding carboxylic acids is 1. The van der Waals surface area contributed by atoms with E-state index >= 15 is 0 Å². The molecule has 0 fully saturated rings. The van der Waals surface area contributed by atoms with Crippen LogP contribution in [0.4, 0.5) is 5.69 Å². The van der Waals surface area contributed by atoms with Crippen molar-refractivity contribution in [3.8, 4) is 0 Å². The van der Waals surface area contributed by atoms with Crippen LogP contribution in [0.3, 0.4) is 0 Å². The summed E-state index contributed by atoms with van der Waals surface area (Å²) in [6, 6.07) is 5.82. The highest BCUT2D eigenvalue weighted by atomic mass is 32.2. The van der Waals surface area contributed by atoms with Crippen LogP contribution < -0.4 is 9.62 Å². The van der Waals surface area contributed by atoms with E-state index in [-0.39, 0.29) is 29.7 Å². The van der Waals surface area contributed by atoms with E-state index in [9.17, 15) is 13.2 Å². The number of rotatable bonds is 6. The van der Waals surface area contributed by atoms with E-state index in [0.29, 0.717) is 5.69 Å². The van der Waals surface area contributed by atoms with Gasteiger partial charge in [-0.1, -0.05) is 11.2 Å². The van der Waals surface area contributed by atoms with Crippen molar-refractivity contribution in [2.75, 3.05) is 18.0 Å². The minimum absolute atomic E-state index is 0.0493. The predicted octanol–water partition coefficient (Wildman–Crippen LogP) is 2.24. The molecule has 25 heavy (non-hydrogen) atoms. The Balaban J connectivity index is 2.13. The summed E-state index contributed by atoms with van der Waals surface area (Å²) in [7, 11) is -3.74. The van der Waals surface area contributed by atoms with Gasteiger partial charge in [-0.05, 0) is 51.0 Å². The fourth-order valence-corrected chi connectivity index (χ4v) is 4.14. The fraction of sp³-hybridized carbons (Fsp3) is 0.412. The third kappa shape index (κ3) is 4.46. The number of nitrogens with zero attached hydrogens (tertiary/aromatic N) is 2. The van der Waals surface area contributed by atoms with Crippen LogP contribution in [-0.4, -0.2) is 32.6 Å². The number of sulfonamides is 1. The lowest BCUT2D eigenvalue weighted by molar-refractivity contribution is -0.116. The number of aromatic nitrogens is 1. The van der Waals surface area contributed by atoms with Gasteiger partial charge in [0.15, 0.2) is 5.76 Å². The number of nitrogens with one attached hydrogen (secondary N) is 1. The Morgan fingerprint density at radius 3 is 2.24 bits per heavy atom. The first-order valence-corrected chi connectivity index (χ1v) is 9.39. The molecule has 2 rings (SSSR count). The minimum Gasteiger partial charge on any atom is -0.360 e. The van der Waals surface area contributed by atoms with Gasteiger partial charge in [0.25, 0.3) is 0 Å². The van der Waals surface area contributed by atoms with E-state index in [1.807, 2.05) is 32.0 Å². The van der Waals surface area contributed by atoms with Crippen LogP contribution in [0.15, 0.2) is 27.6 Å². The zero-order chi connectivity index (χ0) is 18.8. The number of aryl methyl sites for hydroxylation is 4. The van der Waals surface area contributed by atoms with Gasteiger partial charge in [0.1, 0.15) is 10.6 Å². The van der Waals surface area contributed by atoms with Gasteiger partial charge in [0, 0.05) is 25.7 Å². The molecule has 0 saturated heterocycles. The molecule has 7 nitrogen and oxygen atoms in total. The molecule has 0 aliphatic carbocycles. The zero-order valence-corrected chi connectivity index (χ0v) is 15.9. The molecule has 1 heterocycles. The highest BCUT2D eigenvalue weighted by Gasteiger charge is 2.24. The zero-order valence-electron chi connectivity index (χ0n) is 15.1. The highest BCUT2D eigenvalue weighted by Crippen LogP contribution is 2.20. The van der Waals surface area contributed by atoms with Crippen molar-refractivity contribution in [2.45, 2.75) is 39.5 Å². The van der Waals surface area contributed by atoms with Crippen LogP contribution in [-0.2, 0) is 14.8 Å².